The lowest BCUT2D eigenvalue weighted by atomic mass is 9.67. The van der Waals surface area contributed by atoms with E-state index in [1.165, 1.54) is 12.8 Å². The lowest BCUT2D eigenvalue weighted by Crippen LogP contribution is -2.27. The molecule has 1 aromatic rings. The predicted molar refractivity (Wildman–Crippen MR) is 69.1 cm³/mol. The molecule has 0 radical (unpaired) electrons. The molecule has 4 nitrogen and oxygen atoms in total. The first-order chi connectivity index (χ1) is 8.41. The van der Waals surface area contributed by atoms with E-state index in [1.54, 1.807) is 6.92 Å². The van der Waals surface area contributed by atoms with Crippen LogP contribution in [0.2, 0.25) is 0 Å². The lowest BCUT2D eigenvalue weighted by Gasteiger charge is -2.38. The van der Waals surface area contributed by atoms with Gasteiger partial charge in [0.1, 0.15) is 6.10 Å². The molecule has 4 heteroatoms. The largest absolute Gasteiger partial charge is 0.422 e. The zero-order valence-corrected chi connectivity index (χ0v) is 11.8. The summed E-state index contributed by atoms with van der Waals surface area (Å²) in [6.45, 7) is 8.56. The minimum Gasteiger partial charge on any atom is -0.422 e. The van der Waals surface area contributed by atoms with Crippen LogP contribution in [0.15, 0.2) is 4.42 Å². The molecule has 1 aliphatic carbocycles. The van der Waals surface area contributed by atoms with Gasteiger partial charge in [-0.3, -0.25) is 0 Å². The van der Waals surface area contributed by atoms with Gasteiger partial charge in [-0.15, -0.1) is 10.2 Å². The number of rotatable bonds is 5. The Hall–Kier alpha value is -0.900. The van der Waals surface area contributed by atoms with Crippen molar-refractivity contribution in [2.75, 3.05) is 0 Å². The van der Waals surface area contributed by atoms with Gasteiger partial charge in [-0.25, -0.2) is 0 Å². The molecule has 0 aliphatic heterocycles. The van der Waals surface area contributed by atoms with Crippen LogP contribution in [0.4, 0.5) is 0 Å². The van der Waals surface area contributed by atoms with Crippen molar-refractivity contribution < 1.29 is 9.52 Å². The highest BCUT2D eigenvalue weighted by Gasteiger charge is 2.36. The van der Waals surface area contributed by atoms with Gasteiger partial charge in [0.05, 0.1) is 0 Å². The average Bonchev–Trinajstić information content (AvgIpc) is 2.72. The Labute approximate surface area is 109 Å². The Morgan fingerprint density at radius 2 is 2.06 bits per heavy atom. The van der Waals surface area contributed by atoms with Gasteiger partial charge in [-0.1, -0.05) is 27.2 Å². The zero-order valence-electron chi connectivity index (χ0n) is 11.8. The highest BCUT2D eigenvalue weighted by molar-refractivity contribution is 5.01. The molecule has 0 amide bonds. The Kier molecular flexibility index (Phi) is 3.76. The molecular formula is C14H24N2O2. The van der Waals surface area contributed by atoms with E-state index in [-0.39, 0.29) is 0 Å². The number of aromatic nitrogens is 2. The molecule has 102 valence electrons. The molecule has 1 atom stereocenters. The van der Waals surface area contributed by atoms with Crippen LogP contribution in [0.25, 0.3) is 0 Å². The molecule has 2 rings (SSSR count). The number of nitrogens with zero attached hydrogens (tertiary/aromatic N) is 2. The summed E-state index contributed by atoms with van der Waals surface area (Å²) in [6, 6.07) is 0. The van der Waals surface area contributed by atoms with Crippen LogP contribution >= 0.6 is 0 Å². The van der Waals surface area contributed by atoms with E-state index in [0.717, 1.165) is 18.8 Å². The monoisotopic (exact) mass is 252 g/mol. The summed E-state index contributed by atoms with van der Waals surface area (Å²) in [4.78, 5) is 0. The normalized spacial score (nSPS) is 25.8. The molecule has 0 bridgehead atoms. The molecule has 1 fully saturated rings. The average molecular weight is 252 g/mol. The Morgan fingerprint density at radius 3 is 2.56 bits per heavy atom. The quantitative estimate of drug-likeness (QED) is 0.872. The third-order valence-corrected chi connectivity index (χ3v) is 4.20. The van der Waals surface area contributed by atoms with Gasteiger partial charge in [-0.2, -0.15) is 0 Å². The summed E-state index contributed by atoms with van der Waals surface area (Å²) < 4.78 is 5.48. The molecule has 1 saturated carbocycles. The fourth-order valence-corrected chi connectivity index (χ4v) is 2.61. The first-order valence-corrected chi connectivity index (χ1v) is 6.92. The van der Waals surface area contributed by atoms with Gasteiger partial charge < -0.3 is 9.52 Å². The topological polar surface area (TPSA) is 59.2 Å². The summed E-state index contributed by atoms with van der Waals surface area (Å²) in [5.74, 6) is 2.23. The molecular weight excluding hydrogens is 228 g/mol. The second-order valence-corrected chi connectivity index (χ2v) is 6.41. The summed E-state index contributed by atoms with van der Waals surface area (Å²) in [5.41, 5.74) is 0.440. The van der Waals surface area contributed by atoms with E-state index in [1.807, 2.05) is 0 Å². The number of hydrogen-bond donors (Lipinski definition) is 1. The number of aliphatic hydroxyl groups is 1. The van der Waals surface area contributed by atoms with Crippen molar-refractivity contribution in [2.45, 2.75) is 65.4 Å². The lowest BCUT2D eigenvalue weighted by molar-refractivity contribution is 0.135. The highest BCUT2D eigenvalue weighted by Crippen LogP contribution is 2.47. The van der Waals surface area contributed by atoms with Gasteiger partial charge in [0, 0.05) is 5.92 Å². The van der Waals surface area contributed by atoms with Crippen molar-refractivity contribution in [3.8, 4) is 0 Å². The molecule has 1 aliphatic rings. The third kappa shape index (κ3) is 2.91. The van der Waals surface area contributed by atoms with Gasteiger partial charge in [-0.05, 0) is 37.5 Å². The van der Waals surface area contributed by atoms with Crippen molar-refractivity contribution in [2.24, 2.45) is 11.3 Å². The van der Waals surface area contributed by atoms with E-state index < -0.39 is 6.10 Å². The van der Waals surface area contributed by atoms with Crippen LogP contribution in [0, 0.1) is 11.3 Å². The fourth-order valence-electron chi connectivity index (χ4n) is 2.61. The van der Waals surface area contributed by atoms with Crippen LogP contribution in [0.3, 0.4) is 0 Å². The minimum absolute atomic E-state index is 0.335. The second kappa shape index (κ2) is 5.00. The molecule has 0 spiro atoms. The standard InChI is InChI=1S/C14H24N2O2/c1-5-14(3,4)8-10-6-11(7-10)13-16-15-12(18-13)9(2)17/h9-11,17H,5-8H2,1-4H3/t9-,10-,11-/m1/s1. The van der Waals surface area contributed by atoms with Crippen molar-refractivity contribution in [1.29, 1.82) is 0 Å². The molecule has 0 aromatic carbocycles. The van der Waals surface area contributed by atoms with Gasteiger partial charge in [0.25, 0.3) is 0 Å². The second-order valence-electron chi connectivity index (χ2n) is 6.41. The maximum absolute atomic E-state index is 9.35. The third-order valence-electron chi connectivity index (χ3n) is 4.20. The van der Waals surface area contributed by atoms with E-state index >= 15 is 0 Å². The number of hydrogen-bond acceptors (Lipinski definition) is 4. The van der Waals surface area contributed by atoms with E-state index in [9.17, 15) is 5.11 Å². The van der Waals surface area contributed by atoms with E-state index in [2.05, 4.69) is 31.0 Å². The predicted octanol–water partition coefficient (Wildman–Crippen LogP) is 3.44. The van der Waals surface area contributed by atoms with Crippen LogP contribution in [0.1, 0.15) is 77.2 Å². The summed E-state index contributed by atoms with van der Waals surface area (Å²) >= 11 is 0. The smallest absolute Gasteiger partial charge is 0.244 e. The van der Waals surface area contributed by atoms with Crippen molar-refractivity contribution >= 4 is 0 Å². The molecule has 18 heavy (non-hydrogen) atoms. The minimum atomic E-state index is -0.666. The first-order valence-electron chi connectivity index (χ1n) is 6.92. The fraction of sp³-hybridized carbons (Fsp3) is 0.857. The highest BCUT2D eigenvalue weighted by atomic mass is 16.4. The molecule has 1 heterocycles. The summed E-state index contributed by atoms with van der Waals surface area (Å²) in [7, 11) is 0. The zero-order chi connectivity index (χ0) is 13.3. The maximum atomic E-state index is 9.35. The molecule has 0 unspecified atom stereocenters. The van der Waals surface area contributed by atoms with Gasteiger partial charge in [0.2, 0.25) is 11.8 Å². The van der Waals surface area contributed by atoms with Crippen molar-refractivity contribution in [3.05, 3.63) is 11.8 Å². The Bertz CT molecular complexity index is 392. The van der Waals surface area contributed by atoms with E-state index in [4.69, 9.17) is 4.42 Å². The van der Waals surface area contributed by atoms with Crippen LogP contribution in [-0.4, -0.2) is 15.3 Å². The molecule has 0 saturated heterocycles. The summed E-state index contributed by atoms with van der Waals surface area (Å²) in [5, 5.41) is 17.3. The number of aliphatic hydroxyl groups excluding tert-OH is 1. The Morgan fingerprint density at radius 1 is 1.39 bits per heavy atom. The Balaban J connectivity index is 1.85. The SMILES string of the molecule is CCC(C)(C)C[C@H]1C[C@H](c2nnc([C@@H](C)O)o2)C1. The maximum Gasteiger partial charge on any atom is 0.244 e. The van der Waals surface area contributed by atoms with Crippen molar-refractivity contribution in [3.63, 3.8) is 0 Å². The van der Waals surface area contributed by atoms with Crippen LogP contribution in [0.5, 0.6) is 0 Å². The van der Waals surface area contributed by atoms with Crippen molar-refractivity contribution in [1.82, 2.24) is 10.2 Å². The van der Waals surface area contributed by atoms with E-state index in [0.29, 0.717) is 23.1 Å². The summed E-state index contributed by atoms with van der Waals surface area (Å²) in [6.07, 6.45) is 4.12. The molecule has 1 N–H and O–H groups in total. The molecule has 1 aromatic heterocycles. The van der Waals surface area contributed by atoms with Crippen LogP contribution < -0.4 is 0 Å². The van der Waals surface area contributed by atoms with Gasteiger partial charge in [0.15, 0.2) is 0 Å². The first kappa shape index (κ1) is 13.5. The van der Waals surface area contributed by atoms with Gasteiger partial charge >= 0.3 is 0 Å². The van der Waals surface area contributed by atoms with Crippen LogP contribution in [-0.2, 0) is 0 Å².